The van der Waals surface area contributed by atoms with Gasteiger partial charge in [-0.05, 0) is 30.3 Å². The molecule has 0 fully saturated rings. The summed E-state index contributed by atoms with van der Waals surface area (Å²) in [7, 11) is 1.58. The van der Waals surface area contributed by atoms with Crippen LogP contribution < -0.4 is 10.1 Å². The van der Waals surface area contributed by atoms with Crippen molar-refractivity contribution in [2.24, 2.45) is 0 Å². The van der Waals surface area contributed by atoms with Crippen LogP contribution in [0.4, 0.5) is 11.4 Å². The van der Waals surface area contributed by atoms with Crippen LogP contribution in [0.5, 0.6) is 5.75 Å². The van der Waals surface area contributed by atoms with E-state index in [0.717, 1.165) is 16.6 Å². The van der Waals surface area contributed by atoms with E-state index in [-0.39, 0.29) is 6.42 Å². The van der Waals surface area contributed by atoms with Crippen molar-refractivity contribution in [1.29, 1.82) is 0 Å². The summed E-state index contributed by atoms with van der Waals surface area (Å²) in [5.41, 5.74) is 2.64. The lowest BCUT2D eigenvalue weighted by Crippen LogP contribution is -2.04. The summed E-state index contributed by atoms with van der Waals surface area (Å²) in [5.74, 6) is -0.288. The van der Waals surface area contributed by atoms with Gasteiger partial charge in [-0.25, -0.2) is 0 Å². The molecule has 24 heavy (non-hydrogen) atoms. The molecule has 0 atom stereocenters. The molecule has 0 spiro atoms. The summed E-state index contributed by atoms with van der Waals surface area (Å²) >= 11 is 6.07. The van der Waals surface area contributed by atoms with Crippen molar-refractivity contribution in [3.63, 3.8) is 0 Å². The smallest absolute Gasteiger partial charge is 0.309 e. The number of nitrogens with one attached hydrogen (secondary N) is 1. The molecule has 0 bridgehead atoms. The van der Waals surface area contributed by atoms with Crippen LogP contribution in [0.15, 0.2) is 48.5 Å². The molecule has 0 saturated heterocycles. The molecule has 0 aliphatic heterocycles. The fourth-order valence-electron chi connectivity index (χ4n) is 2.50. The SMILES string of the molecule is COc1ccc(Cl)cc1Nc1cc(CC(=O)O)nc2ccccc12. The third-order valence-corrected chi connectivity index (χ3v) is 3.77. The Labute approximate surface area is 143 Å². The van der Waals surface area contributed by atoms with Crippen molar-refractivity contribution in [3.8, 4) is 5.75 Å². The normalized spacial score (nSPS) is 10.6. The highest BCUT2D eigenvalue weighted by molar-refractivity contribution is 6.31. The number of benzene rings is 2. The lowest BCUT2D eigenvalue weighted by Gasteiger charge is -2.14. The van der Waals surface area contributed by atoms with Gasteiger partial charge in [0.2, 0.25) is 0 Å². The second kappa shape index (κ2) is 6.76. The Morgan fingerprint density at radius 3 is 2.75 bits per heavy atom. The molecule has 0 saturated carbocycles. The van der Waals surface area contributed by atoms with Crippen LogP contribution in [-0.2, 0) is 11.2 Å². The van der Waals surface area contributed by atoms with Gasteiger partial charge in [0.15, 0.2) is 0 Å². The zero-order valence-corrected chi connectivity index (χ0v) is 13.7. The number of rotatable bonds is 5. The number of hydrogen-bond donors (Lipinski definition) is 2. The average molecular weight is 343 g/mol. The number of halogens is 1. The van der Waals surface area contributed by atoms with E-state index in [1.807, 2.05) is 24.3 Å². The standard InChI is InChI=1S/C18H15ClN2O3/c1-24-17-7-6-11(19)8-16(17)21-15-9-12(10-18(22)23)20-14-5-3-2-4-13(14)15/h2-9H,10H2,1H3,(H,20,21)(H,22,23). The summed E-state index contributed by atoms with van der Waals surface area (Å²) in [6, 6.07) is 14.5. The molecule has 2 aromatic carbocycles. The van der Waals surface area contributed by atoms with E-state index in [1.165, 1.54) is 0 Å². The molecular formula is C18H15ClN2O3. The van der Waals surface area contributed by atoms with E-state index in [4.69, 9.17) is 21.4 Å². The molecule has 0 aliphatic carbocycles. The predicted molar refractivity (Wildman–Crippen MR) is 94.4 cm³/mol. The minimum absolute atomic E-state index is 0.147. The number of carboxylic acids is 1. The second-order valence-electron chi connectivity index (χ2n) is 5.22. The summed E-state index contributed by atoms with van der Waals surface area (Å²) in [6.07, 6.45) is -0.147. The van der Waals surface area contributed by atoms with Crippen molar-refractivity contribution in [2.75, 3.05) is 12.4 Å². The highest BCUT2D eigenvalue weighted by Crippen LogP contribution is 2.33. The van der Waals surface area contributed by atoms with Crippen LogP contribution in [-0.4, -0.2) is 23.2 Å². The molecule has 3 rings (SSSR count). The maximum absolute atomic E-state index is 11.0. The zero-order valence-electron chi connectivity index (χ0n) is 12.9. The number of hydrogen-bond acceptors (Lipinski definition) is 4. The first kappa shape index (κ1) is 16.1. The quantitative estimate of drug-likeness (QED) is 0.724. The van der Waals surface area contributed by atoms with E-state index in [2.05, 4.69) is 10.3 Å². The Hall–Kier alpha value is -2.79. The largest absolute Gasteiger partial charge is 0.495 e. The van der Waals surface area contributed by atoms with Gasteiger partial charge < -0.3 is 15.2 Å². The molecule has 0 unspecified atom stereocenters. The Kier molecular flexibility index (Phi) is 4.53. The van der Waals surface area contributed by atoms with Crippen LogP contribution in [0.25, 0.3) is 10.9 Å². The fourth-order valence-corrected chi connectivity index (χ4v) is 2.67. The van der Waals surface area contributed by atoms with Gasteiger partial charge in [-0.3, -0.25) is 9.78 Å². The molecule has 5 nitrogen and oxygen atoms in total. The number of aromatic nitrogens is 1. The number of ether oxygens (including phenoxy) is 1. The lowest BCUT2D eigenvalue weighted by atomic mass is 10.1. The van der Waals surface area contributed by atoms with Gasteiger partial charge in [-0.2, -0.15) is 0 Å². The van der Waals surface area contributed by atoms with E-state index in [9.17, 15) is 4.79 Å². The molecule has 2 N–H and O–H groups in total. The van der Waals surface area contributed by atoms with Gasteiger partial charge in [0.1, 0.15) is 5.75 Å². The topological polar surface area (TPSA) is 71.5 Å². The van der Waals surface area contributed by atoms with Crippen LogP contribution in [0.1, 0.15) is 5.69 Å². The summed E-state index contributed by atoms with van der Waals surface area (Å²) < 4.78 is 5.35. The van der Waals surface area contributed by atoms with Crippen LogP contribution in [0, 0.1) is 0 Å². The summed E-state index contributed by atoms with van der Waals surface area (Å²) in [6.45, 7) is 0. The van der Waals surface area contributed by atoms with E-state index in [1.54, 1.807) is 31.4 Å². The van der Waals surface area contributed by atoms with Crippen LogP contribution in [0.2, 0.25) is 5.02 Å². The number of methoxy groups -OCH3 is 1. The number of nitrogens with zero attached hydrogens (tertiary/aromatic N) is 1. The molecule has 1 aromatic heterocycles. The number of anilines is 2. The van der Waals surface area contributed by atoms with Gasteiger partial charge in [0, 0.05) is 16.1 Å². The van der Waals surface area contributed by atoms with Gasteiger partial charge in [0.05, 0.1) is 30.4 Å². The van der Waals surface area contributed by atoms with Gasteiger partial charge in [-0.15, -0.1) is 0 Å². The minimum atomic E-state index is -0.927. The van der Waals surface area contributed by atoms with Crippen LogP contribution in [0.3, 0.4) is 0 Å². The molecule has 1 heterocycles. The first-order chi connectivity index (χ1) is 11.6. The van der Waals surface area contributed by atoms with Crippen molar-refractivity contribution < 1.29 is 14.6 Å². The maximum atomic E-state index is 11.0. The Balaban J connectivity index is 2.11. The molecular weight excluding hydrogens is 328 g/mol. The minimum Gasteiger partial charge on any atom is -0.495 e. The predicted octanol–water partition coefficient (Wildman–Crippen LogP) is 4.27. The number of carbonyl (C=O) groups is 1. The van der Waals surface area contributed by atoms with Gasteiger partial charge in [0.25, 0.3) is 0 Å². The Bertz CT molecular complexity index is 912. The van der Waals surface area contributed by atoms with Gasteiger partial charge >= 0.3 is 5.97 Å². The third kappa shape index (κ3) is 3.41. The Morgan fingerprint density at radius 1 is 1.21 bits per heavy atom. The fraction of sp³-hybridized carbons (Fsp3) is 0.111. The van der Waals surface area contributed by atoms with E-state index in [0.29, 0.717) is 22.2 Å². The molecule has 0 radical (unpaired) electrons. The highest BCUT2D eigenvalue weighted by atomic mass is 35.5. The molecule has 0 amide bonds. The summed E-state index contributed by atoms with van der Waals surface area (Å²) in [5, 5.41) is 13.8. The van der Waals surface area contributed by atoms with E-state index >= 15 is 0 Å². The molecule has 0 aliphatic rings. The zero-order chi connectivity index (χ0) is 17.1. The first-order valence-electron chi connectivity index (χ1n) is 7.28. The number of pyridine rings is 1. The monoisotopic (exact) mass is 342 g/mol. The van der Waals surface area contributed by atoms with E-state index < -0.39 is 5.97 Å². The van der Waals surface area contributed by atoms with Crippen molar-refractivity contribution in [1.82, 2.24) is 4.98 Å². The first-order valence-corrected chi connectivity index (χ1v) is 7.65. The lowest BCUT2D eigenvalue weighted by molar-refractivity contribution is -0.136. The highest BCUT2D eigenvalue weighted by Gasteiger charge is 2.11. The van der Waals surface area contributed by atoms with Crippen molar-refractivity contribution in [3.05, 3.63) is 59.2 Å². The van der Waals surface area contributed by atoms with Crippen molar-refractivity contribution >= 4 is 39.8 Å². The number of para-hydroxylation sites is 1. The molecule has 3 aromatic rings. The Morgan fingerprint density at radius 2 is 2.00 bits per heavy atom. The molecule has 122 valence electrons. The summed E-state index contributed by atoms with van der Waals surface area (Å²) in [4.78, 5) is 15.4. The third-order valence-electron chi connectivity index (χ3n) is 3.53. The van der Waals surface area contributed by atoms with Crippen molar-refractivity contribution in [2.45, 2.75) is 6.42 Å². The number of carboxylic acid groups (broad SMARTS) is 1. The molecule has 6 heteroatoms. The maximum Gasteiger partial charge on any atom is 0.309 e. The number of fused-ring (bicyclic) bond motifs is 1. The van der Waals surface area contributed by atoms with Crippen LogP contribution >= 0.6 is 11.6 Å². The second-order valence-corrected chi connectivity index (χ2v) is 5.65. The number of aliphatic carboxylic acids is 1. The van der Waals surface area contributed by atoms with Gasteiger partial charge in [-0.1, -0.05) is 29.8 Å². The average Bonchev–Trinajstić information content (AvgIpc) is 2.54.